The minimum atomic E-state index is -0.707. The molecule has 5 nitrogen and oxygen atoms in total. The van der Waals surface area contributed by atoms with E-state index in [9.17, 15) is 19.6 Å². The SMILES string of the molecule is N#C[C@H]1[C@H](c2ccc(-c3ccccc3F)cc2)[C@H](CO)N1C(=O)c1ccccn1. The van der Waals surface area contributed by atoms with Gasteiger partial charge >= 0.3 is 0 Å². The molecule has 0 aliphatic carbocycles. The van der Waals surface area contributed by atoms with E-state index in [0.717, 1.165) is 11.1 Å². The summed E-state index contributed by atoms with van der Waals surface area (Å²) in [4.78, 5) is 18.2. The number of nitrogens with zero attached hydrogens (tertiary/aromatic N) is 3. The smallest absolute Gasteiger partial charge is 0.273 e. The van der Waals surface area contributed by atoms with Gasteiger partial charge in [0.05, 0.1) is 18.7 Å². The average Bonchev–Trinajstić information content (AvgIpc) is 2.75. The van der Waals surface area contributed by atoms with Crippen molar-refractivity contribution in [1.29, 1.82) is 5.26 Å². The maximum Gasteiger partial charge on any atom is 0.273 e. The molecule has 144 valence electrons. The van der Waals surface area contributed by atoms with Gasteiger partial charge in [0.25, 0.3) is 5.91 Å². The molecule has 2 heterocycles. The van der Waals surface area contributed by atoms with E-state index in [0.29, 0.717) is 5.56 Å². The van der Waals surface area contributed by atoms with E-state index >= 15 is 0 Å². The van der Waals surface area contributed by atoms with Crippen LogP contribution in [0.25, 0.3) is 11.1 Å². The van der Waals surface area contributed by atoms with Gasteiger partial charge in [-0.25, -0.2) is 4.39 Å². The Hall–Kier alpha value is -3.56. The third-order valence-corrected chi connectivity index (χ3v) is 5.33. The number of hydrogen-bond acceptors (Lipinski definition) is 4. The number of amides is 1. The molecule has 0 bridgehead atoms. The van der Waals surface area contributed by atoms with Gasteiger partial charge in [-0.3, -0.25) is 9.78 Å². The number of likely N-dealkylation sites (tertiary alicyclic amines) is 1. The minimum Gasteiger partial charge on any atom is -0.394 e. The van der Waals surface area contributed by atoms with E-state index in [-0.39, 0.29) is 29.9 Å². The lowest BCUT2D eigenvalue weighted by Gasteiger charge is -2.51. The topological polar surface area (TPSA) is 77.2 Å². The second-order valence-electron chi connectivity index (χ2n) is 6.88. The van der Waals surface area contributed by atoms with Gasteiger partial charge in [-0.15, -0.1) is 0 Å². The van der Waals surface area contributed by atoms with Crippen molar-refractivity contribution in [2.75, 3.05) is 6.61 Å². The number of benzene rings is 2. The van der Waals surface area contributed by atoms with Gasteiger partial charge in [0, 0.05) is 17.7 Å². The maximum atomic E-state index is 14.0. The van der Waals surface area contributed by atoms with Gasteiger partial charge in [0.1, 0.15) is 17.6 Å². The second kappa shape index (κ2) is 7.82. The second-order valence-corrected chi connectivity index (χ2v) is 6.88. The molecule has 0 unspecified atom stereocenters. The van der Waals surface area contributed by atoms with Crippen LogP contribution in [-0.2, 0) is 0 Å². The van der Waals surface area contributed by atoms with E-state index in [4.69, 9.17) is 0 Å². The Bertz CT molecular complexity index is 1060. The highest BCUT2D eigenvalue weighted by atomic mass is 19.1. The van der Waals surface area contributed by atoms with Crippen molar-refractivity contribution in [3.8, 4) is 17.2 Å². The zero-order chi connectivity index (χ0) is 20.4. The number of aliphatic hydroxyl groups excluding tert-OH is 1. The summed E-state index contributed by atoms with van der Waals surface area (Å²) in [7, 11) is 0. The van der Waals surface area contributed by atoms with Crippen molar-refractivity contribution in [2.45, 2.75) is 18.0 Å². The molecule has 6 heteroatoms. The van der Waals surface area contributed by atoms with Crippen LogP contribution in [0, 0.1) is 17.1 Å². The zero-order valence-corrected chi connectivity index (χ0v) is 15.4. The lowest BCUT2D eigenvalue weighted by Crippen LogP contribution is -2.65. The van der Waals surface area contributed by atoms with Crippen LogP contribution in [-0.4, -0.2) is 39.6 Å². The maximum absolute atomic E-state index is 14.0. The van der Waals surface area contributed by atoms with Crippen LogP contribution in [0.2, 0.25) is 0 Å². The van der Waals surface area contributed by atoms with Crippen LogP contribution in [0.4, 0.5) is 4.39 Å². The highest BCUT2D eigenvalue weighted by Gasteiger charge is 2.52. The molecule has 0 spiro atoms. The summed E-state index contributed by atoms with van der Waals surface area (Å²) in [6, 6.07) is 19.7. The van der Waals surface area contributed by atoms with Crippen molar-refractivity contribution in [2.24, 2.45) is 0 Å². The number of aromatic nitrogens is 1. The van der Waals surface area contributed by atoms with Crippen LogP contribution in [0.1, 0.15) is 22.0 Å². The number of rotatable bonds is 4. The predicted molar refractivity (Wildman–Crippen MR) is 105 cm³/mol. The van der Waals surface area contributed by atoms with Crippen molar-refractivity contribution in [3.63, 3.8) is 0 Å². The molecule has 1 N–H and O–H groups in total. The van der Waals surface area contributed by atoms with E-state index in [1.54, 1.807) is 48.5 Å². The Morgan fingerprint density at radius 1 is 1.10 bits per heavy atom. The number of carbonyl (C=O) groups excluding carboxylic acids is 1. The fourth-order valence-corrected chi connectivity index (χ4v) is 3.89. The molecule has 2 aromatic carbocycles. The fourth-order valence-electron chi connectivity index (χ4n) is 3.89. The molecule has 1 aliphatic heterocycles. The van der Waals surface area contributed by atoms with Gasteiger partial charge in [-0.1, -0.05) is 48.5 Å². The van der Waals surface area contributed by atoms with Crippen LogP contribution in [0.15, 0.2) is 72.9 Å². The third kappa shape index (κ3) is 3.26. The minimum absolute atomic E-state index is 0.236. The standard InChI is InChI=1S/C23H18FN3O2/c24-18-6-2-1-5-17(18)15-8-10-16(11-9-15)22-20(13-25)27(21(22)14-28)23(29)19-7-3-4-12-26-19/h1-12,20-22,28H,14H2/t20-,21-,22-/m0/s1. The Balaban J connectivity index is 1.61. The van der Waals surface area contributed by atoms with Crippen molar-refractivity contribution in [3.05, 3.63) is 90.0 Å². The molecule has 3 atom stereocenters. The third-order valence-electron chi connectivity index (χ3n) is 5.33. The van der Waals surface area contributed by atoms with Crippen molar-refractivity contribution in [1.82, 2.24) is 9.88 Å². The van der Waals surface area contributed by atoms with E-state index < -0.39 is 12.1 Å². The highest BCUT2D eigenvalue weighted by molar-refractivity contribution is 5.94. The number of aliphatic hydroxyl groups is 1. The summed E-state index contributed by atoms with van der Waals surface area (Å²) < 4.78 is 14.0. The van der Waals surface area contributed by atoms with Gasteiger partial charge in [0.15, 0.2) is 0 Å². The highest BCUT2D eigenvalue weighted by Crippen LogP contribution is 2.41. The monoisotopic (exact) mass is 387 g/mol. The molecule has 1 aliphatic rings. The Kier molecular flexibility index (Phi) is 5.07. The summed E-state index contributed by atoms with van der Waals surface area (Å²) in [5, 5.41) is 19.6. The molecule has 3 aromatic rings. The molecular formula is C23H18FN3O2. The largest absolute Gasteiger partial charge is 0.394 e. The van der Waals surface area contributed by atoms with Crippen LogP contribution < -0.4 is 0 Å². The van der Waals surface area contributed by atoms with E-state index in [2.05, 4.69) is 11.1 Å². The molecule has 4 rings (SSSR count). The number of pyridine rings is 1. The average molecular weight is 387 g/mol. The number of halogens is 1. The first-order valence-corrected chi connectivity index (χ1v) is 9.24. The molecule has 29 heavy (non-hydrogen) atoms. The first-order valence-electron chi connectivity index (χ1n) is 9.24. The number of nitriles is 1. The summed E-state index contributed by atoms with van der Waals surface area (Å²) in [5.41, 5.74) is 2.28. The van der Waals surface area contributed by atoms with Gasteiger partial charge < -0.3 is 10.0 Å². The lowest BCUT2D eigenvalue weighted by molar-refractivity contribution is -0.00629. The Labute approximate surface area is 167 Å². The van der Waals surface area contributed by atoms with Crippen LogP contribution in [0.3, 0.4) is 0 Å². The molecule has 1 saturated heterocycles. The summed E-state index contributed by atoms with van der Waals surface area (Å²) in [6.45, 7) is -0.267. The zero-order valence-electron chi connectivity index (χ0n) is 15.4. The van der Waals surface area contributed by atoms with Gasteiger partial charge in [-0.2, -0.15) is 5.26 Å². The van der Waals surface area contributed by atoms with Gasteiger partial charge in [0.2, 0.25) is 0 Å². The molecule has 1 fully saturated rings. The number of carbonyl (C=O) groups is 1. The number of hydrogen-bond donors (Lipinski definition) is 1. The lowest BCUT2D eigenvalue weighted by atomic mass is 9.75. The molecule has 1 amide bonds. The van der Waals surface area contributed by atoms with Crippen molar-refractivity contribution >= 4 is 5.91 Å². The van der Waals surface area contributed by atoms with Crippen LogP contribution in [0.5, 0.6) is 0 Å². The molecule has 0 saturated carbocycles. The Morgan fingerprint density at radius 2 is 1.83 bits per heavy atom. The van der Waals surface area contributed by atoms with Crippen LogP contribution >= 0.6 is 0 Å². The molecule has 0 radical (unpaired) electrons. The summed E-state index contributed by atoms with van der Waals surface area (Å²) in [6.07, 6.45) is 1.52. The summed E-state index contributed by atoms with van der Waals surface area (Å²) >= 11 is 0. The first kappa shape index (κ1) is 18.8. The first-order chi connectivity index (χ1) is 14.2. The van der Waals surface area contributed by atoms with Crippen molar-refractivity contribution < 1.29 is 14.3 Å². The molecular weight excluding hydrogens is 369 g/mol. The predicted octanol–water partition coefficient (Wildman–Crippen LogP) is 3.38. The Morgan fingerprint density at radius 3 is 2.45 bits per heavy atom. The summed E-state index contributed by atoms with van der Waals surface area (Å²) in [5.74, 6) is -1.01. The van der Waals surface area contributed by atoms with E-state index in [1.807, 2.05) is 12.1 Å². The quantitative estimate of drug-likeness (QED) is 0.745. The fraction of sp³-hybridized carbons (Fsp3) is 0.174. The normalized spacial score (nSPS) is 20.6. The van der Waals surface area contributed by atoms with E-state index in [1.165, 1.54) is 17.2 Å². The molecule has 1 aromatic heterocycles. The van der Waals surface area contributed by atoms with Gasteiger partial charge in [-0.05, 0) is 29.3 Å².